The van der Waals surface area contributed by atoms with Gasteiger partial charge in [0.05, 0.1) is 17.8 Å². The van der Waals surface area contributed by atoms with Crippen LogP contribution in [0.2, 0.25) is 0 Å². The lowest BCUT2D eigenvalue weighted by atomic mass is 9.77. The summed E-state index contributed by atoms with van der Waals surface area (Å²) in [6, 6.07) is 13.3. The van der Waals surface area contributed by atoms with Crippen molar-refractivity contribution >= 4 is 18.1 Å². The Balaban J connectivity index is 1.48. The van der Waals surface area contributed by atoms with Gasteiger partial charge in [0.15, 0.2) is 0 Å². The zero-order valence-corrected chi connectivity index (χ0v) is 27.9. The predicted molar refractivity (Wildman–Crippen MR) is 174 cm³/mol. The van der Waals surface area contributed by atoms with Crippen molar-refractivity contribution in [3.63, 3.8) is 0 Å². The van der Waals surface area contributed by atoms with Crippen LogP contribution in [0.1, 0.15) is 71.6 Å². The number of pyridine rings is 1. The maximum atomic E-state index is 13.7. The lowest BCUT2D eigenvalue weighted by Crippen LogP contribution is -2.62. The number of hydrogen-bond acceptors (Lipinski definition) is 8. The molecule has 46 heavy (non-hydrogen) atoms. The van der Waals surface area contributed by atoms with Gasteiger partial charge in [0.2, 0.25) is 5.91 Å². The molecule has 1 saturated carbocycles. The number of nitrogens with one attached hydrogen (secondary N) is 2. The molecule has 252 valence electrons. The highest BCUT2D eigenvalue weighted by Crippen LogP contribution is 2.36. The largest absolute Gasteiger partial charge is 0.443 e. The lowest BCUT2D eigenvalue weighted by molar-refractivity contribution is -0.129. The van der Waals surface area contributed by atoms with Crippen molar-refractivity contribution in [1.82, 2.24) is 25.6 Å². The van der Waals surface area contributed by atoms with E-state index < -0.39 is 41.9 Å². The Labute approximate surface area is 273 Å². The summed E-state index contributed by atoms with van der Waals surface area (Å²) in [6.45, 7) is 10.5. The summed E-state index contributed by atoms with van der Waals surface area (Å²) in [4.78, 5) is 43.9. The maximum Gasteiger partial charge on any atom is 0.424 e. The average molecular weight is 638 g/mol. The second-order valence-electron chi connectivity index (χ2n) is 13.9. The molecule has 2 fully saturated rings. The SMILES string of the molecule is CC(C)[C@@H](NC(=O)OCc1ccccn1)C(=O)N[C@@H](Cc1ccccc1)C(O)CN1C[C@H]2CCCC[C@H]2CN1C(=O)OC(C)(C)C. The van der Waals surface area contributed by atoms with Gasteiger partial charge >= 0.3 is 12.2 Å². The molecule has 0 spiro atoms. The Morgan fingerprint density at radius 1 is 0.978 bits per heavy atom. The standard InChI is InChI=1S/C35H51N5O6/c1-24(2)31(38-33(43)45-23-28-17-11-12-18-36-28)32(42)37-29(19-25-13-7-6-8-14-25)30(41)22-39-20-26-15-9-10-16-27(26)21-40(39)34(44)46-35(3,4)5/h6-8,11-14,17-18,24,26-27,29-31,41H,9-10,15-16,19-23H2,1-5H3,(H,37,42)(H,38,43)/t26-,27+,29+,30?,31-/m1/s1. The molecule has 11 nitrogen and oxygen atoms in total. The van der Waals surface area contributed by atoms with Crippen LogP contribution in [0.5, 0.6) is 0 Å². The number of amides is 3. The molecule has 3 amide bonds. The highest BCUT2D eigenvalue weighted by molar-refractivity contribution is 5.86. The van der Waals surface area contributed by atoms with Gasteiger partial charge in [-0.05, 0) is 75.5 Å². The zero-order chi connectivity index (χ0) is 33.3. The van der Waals surface area contributed by atoms with Gasteiger partial charge in [-0.25, -0.2) is 19.6 Å². The first-order valence-corrected chi connectivity index (χ1v) is 16.5. The summed E-state index contributed by atoms with van der Waals surface area (Å²) in [5, 5.41) is 21.0. The molecule has 2 aromatic rings. The Morgan fingerprint density at radius 3 is 2.28 bits per heavy atom. The molecule has 1 saturated heterocycles. The Kier molecular flexibility index (Phi) is 12.4. The first-order valence-electron chi connectivity index (χ1n) is 16.5. The minimum absolute atomic E-state index is 0.0275. The van der Waals surface area contributed by atoms with E-state index in [1.165, 1.54) is 0 Å². The van der Waals surface area contributed by atoms with Crippen molar-refractivity contribution in [3.8, 4) is 0 Å². The molecule has 1 unspecified atom stereocenters. The first kappa shape index (κ1) is 35.2. The minimum atomic E-state index is -1.03. The molecule has 1 aliphatic heterocycles. The number of ether oxygens (including phenoxy) is 2. The molecule has 1 aliphatic carbocycles. The number of benzene rings is 1. The summed E-state index contributed by atoms with van der Waals surface area (Å²) < 4.78 is 11.1. The first-order chi connectivity index (χ1) is 21.9. The molecule has 1 aromatic carbocycles. The summed E-state index contributed by atoms with van der Waals surface area (Å²) in [6.07, 6.45) is 4.24. The number of hydrogen-bond donors (Lipinski definition) is 3. The molecule has 0 bridgehead atoms. The van der Waals surface area contributed by atoms with Gasteiger partial charge in [0.25, 0.3) is 0 Å². The second-order valence-corrected chi connectivity index (χ2v) is 13.9. The van der Waals surface area contributed by atoms with Crippen molar-refractivity contribution in [2.24, 2.45) is 17.8 Å². The van der Waals surface area contributed by atoms with E-state index in [1.54, 1.807) is 29.4 Å². The second kappa shape index (κ2) is 16.2. The van der Waals surface area contributed by atoms with Gasteiger partial charge in [0.1, 0.15) is 18.2 Å². The molecule has 5 atom stereocenters. The van der Waals surface area contributed by atoms with E-state index in [0.29, 0.717) is 37.0 Å². The number of aliphatic hydroxyl groups is 1. The van der Waals surface area contributed by atoms with Gasteiger partial charge in [-0.15, -0.1) is 0 Å². The number of fused-ring (bicyclic) bond motifs is 1. The van der Waals surface area contributed by atoms with Crippen LogP contribution < -0.4 is 10.6 Å². The smallest absolute Gasteiger partial charge is 0.424 e. The van der Waals surface area contributed by atoms with Gasteiger partial charge < -0.3 is 25.2 Å². The third-order valence-electron chi connectivity index (χ3n) is 8.65. The lowest BCUT2D eigenvalue weighted by Gasteiger charge is -2.48. The van der Waals surface area contributed by atoms with Crippen molar-refractivity contribution in [3.05, 3.63) is 66.0 Å². The normalized spacial score (nSPS) is 20.6. The average Bonchev–Trinajstić information content (AvgIpc) is 3.02. The van der Waals surface area contributed by atoms with E-state index in [-0.39, 0.29) is 19.1 Å². The molecule has 2 heterocycles. The van der Waals surface area contributed by atoms with Crippen LogP contribution in [0.3, 0.4) is 0 Å². The Hall–Kier alpha value is -3.70. The minimum Gasteiger partial charge on any atom is -0.443 e. The highest BCUT2D eigenvalue weighted by Gasteiger charge is 2.41. The summed E-state index contributed by atoms with van der Waals surface area (Å²) in [7, 11) is 0. The summed E-state index contributed by atoms with van der Waals surface area (Å²) in [5.74, 6) is 0.128. The van der Waals surface area contributed by atoms with Crippen LogP contribution in [-0.4, -0.2) is 81.6 Å². The number of alkyl carbamates (subject to hydrolysis) is 1. The van der Waals surface area contributed by atoms with E-state index in [1.807, 2.05) is 70.0 Å². The van der Waals surface area contributed by atoms with Gasteiger partial charge in [-0.2, -0.15) is 0 Å². The van der Waals surface area contributed by atoms with Gasteiger partial charge in [-0.1, -0.05) is 63.1 Å². The third kappa shape index (κ3) is 10.4. The molecular formula is C35H51N5O6. The molecule has 1 aromatic heterocycles. The fourth-order valence-corrected chi connectivity index (χ4v) is 6.24. The van der Waals surface area contributed by atoms with E-state index in [0.717, 1.165) is 31.2 Å². The van der Waals surface area contributed by atoms with Crippen LogP contribution >= 0.6 is 0 Å². The van der Waals surface area contributed by atoms with Gasteiger partial charge in [0, 0.05) is 25.8 Å². The number of nitrogens with zero attached hydrogens (tertiary/aromatic N) is 3. The van der Waals surface area contributed by atoms with Gasteiger partial charge in [-0.3, -0.25) is 9.78 Å². The maximum absolute atomic E-state index is 13.7. The van der Waals surface area contributed by atoms with Crippen molar-refractivity contribution in [2.75, 3.05) is 19.6 Å². The zero-order valence-electron chi connectivity index (χ0n) is 27.9. The van der Waals surface area contributed by atoms with Crippen LogP contribution in [0, 0.1) is 17.8 Å². The van der Waals surface area contributed by atoms with E-state index in [4.69, 9.17) is 9.47 Å². The number of rotatable bonds is 11. The summed E-state index contributed by atoms with van der Waals surface area (Å²) in [5.41, 5.74) is 0.865. The number of hydrazine groups is 1. The monoisotopic (exact) mass is 637 g/mol. The molecule has 0 radical (unpaired) electrons. The predicted octanol–water partition coefficient (Wildman–Crippen LogP) is 4.69. The van der Waals surface area contributed by atoms with Crippen LogP contribution in [-0.2, 0) is 27.3 Å². The molecule has 4 rings (SSSR count). The molecular weight excluding hydrogens is 586 g/mol. The third-order valence-corrected chi connectivity index (χ3v) is 8.65. The number of carbonyl (C=O) groups is 3. The highest BCUT2D eigenvalue weighted by atomic mass is 16.6. The van der Waals surface area contributed by atoms with E-state index in [9.17, 15) is 19.5 Å². The number of aliphatic hydroxyl groups excluding tert-OH is 1. The number of aromatic nitrogens is 1. The molecule has 11 heteroatoms. The van der Waals surface area contributed by atoms with Crippen molar-refractivity contribution < 1.29 is 29.0 Å². The topological polar surface area (TPSA) is 133 Å². The fraction of sp³-hybridized carbons (Fsp3) is 0.600. The fourth-order valence-electron chi connectivity index (χ4n) is 6.24. The van der Waals surface area contributed by atoms with E-state index >= 15 is 0 Å². The number of β-amino-alcohol motifs (C(OH)–C–C–N with tert-alkyl or cyclic N) is 1. The number of carbonyl (C=O) groups excluding carboxylic acids is 3. The summed E-state index contributed by atoms with van der Waals surface area (Å²) >= 11 is 0. The molecule has 3 N–H and O–H groups in total. The van der Waals surface area contributed by atoms with Crippen LogP contribution in [0.4, 0.5) is 9.59 Å². The quantitative estimate of drug-likeness (QED) is 0.323. The Bertz CT molecular complexity index is 1270. The van der Waals surface area contributed by atoms with Crippen molar-refractivity contribution in [2.45, 2.75) is 97.1 Å². The van der Waals surface area contributed by atoms with Crippen molar-refractivity contribution in [1.29, 1.82) is 0 Å². The Morgan fingerprint density at radius 2 is 1.65 bits per heavy atom. The van der Waals surface area contributed by atoms with E-state index in [2.05, 4.69) is 15.6 Å². The van der Waals surface area contributed by atoms with Crippen LogP contribution in [0.25, 0.3) is 0 Å². The van der Waals surface area contributed by atoms with Crippen LogP contribution in [0.15, 0.2) is 54.7 Å². The molecule has 2 aliphatic rings.